The van der Waals surface area contributed by atoms with Crippen molar-refractivity contribution in [2.45, 2.75) is 19.4 Å². The molecule has 0 fully saturated rings. The lowest BCUT2D eigenvalue weighted by Gasteiger charge is -2.18. The SMILES string of the molecule is CC(N)c1ccc2c(c1)CCN2C(=O)c1cccnc1Cl. The Labute approximate surface area is 128 Å². The number of aromatic nitrogens is 1. The van der Waals surface area contributed by atoms with Crippen molar-refractivity contribution in [2.24, 2.45) is 5.73 Å². The minimum atomic E-state index is -0.111. The van der Waals surface area contributed by atoms with Gasteiger partial charge in [-0.3, -0.25) is 4.79 Å². The van der Waals surface area contributed by atoms with Gasteiger partial charge in [0, 0.05) is 24.5 Å². The van der Waals surface area contributed by atoms with Gasteiger partial charge in [-0.25, -0.2) is 4.98 Å². The van der Waals surface area contributed by atoms with Crippen LogP contribution in [0.5, 0.6) is 0 Å². The summed E-state index contributed by atoms with van der Waals surface area (Å²) in [6, 6.07) is 9.43. The molecule has 1 aromatic heterocycles. The second-order valence-corrected chi connectivity index (χ2v) is 5.58. The lowest BCUT2D eigenvalue weighted by atomic mass is 10.0. The molecule has 108 valence electrons. The number of nitrogens with two attached hydrogens (primary N) is 1. The van der Waals surface area contributed by atoms with Crippen LogP contribution in [-0.4, -0.2) is 17.4 Å². The molecule has 0 aliphatic carbocycles. The first-order valence-corrected chi connectivity index (χ1v) is 7.26. The Morgan fingerprint density at radius 2 is 2.24 bits per heavy atom. The maximum Gasteiger partial charge on any atom is 0.261 e. The summed E-state index contributed by atoms with van der Waals surface area (Å²) in [4.78, 5) is 18.3. The Morgan fingerprint density at radius 3 is 2.95 bits per heavy atom. The number of anilines is 1. The number of carbonyl (C=O) groups excluding carboxylic acids is 1. The van der Waals surface area contributed by atoms with E-state index in [0.29, 0.717) is 12.1 Å². The molecule has 0 bridgehead atoms. The molecule has 3 rings (SSSR count). The fraction of sp³-hybridized carbons (Fsp3) is 0.250. The summed E-state index contributed by atoms with van der Waals surface area (Å²) in [5.74, 6) is -0.111. The average Bonchev–Trinajstić information content (AvgIpc) is 2.90. The van der Waals surface area contributed by atoms with Gasteiger partial charge in [0.05, 0.1) is 5.56 Å². The minimum Gasteiger partial charge on any atom is -0.324 e. The Bertz CT molecular complexity index is 700. The van der Waals surface area contributed by atoms with Crippen molar-refractivity contribution in [3.63, 3.8) is 0 Å². The van der Waals surface area contributed by atoms with E-state index in [0.717, 1.165) is 23.2 Å². The molecule has 1 atom stereocenters. The van der Waals surface area contributed by atoms with Crippen LogP contribution in [0.15, 0.2) is 36.5 Å². The van der Waals surface area contributed by atoms with Crippen LogP contribution in [-0.2, 0) is 6.42 Å². The number of nitrogens with zero attached hydrogens (tertiary/aromatic N) is 2. The van der Waals surface area contributed by atoms with E-state index in [4.69, 9.17) is 17.3 Å². The van der Waals surface area contributed by atoms with Crippen molar-refractivity contribution < 1.29 is 4.79 Å². The van der Waals surface area contributed by atoms with Crippen LogP contribution < -0.4 is 10.6 Å². The number of hydrogen-bond donors (Lipinski definition) is 1. The Kier molecular flexibility index (Phi) is 3.66. The van der Waals surface area contributed by atoms with E-state index in [-0.39, 0.29) is 17.1 Å². The van der Waals surface area contributed by atoms with E-state index in [1.54, 1.807) is 23.2 Å². The number of amides is 1. The molecular weight excluding hydrogens is 286 g/mol. The number of carbonyl (C=O) groups is 1. The number of rotatable bonds is 2. The summed E-state index contributed by atoms with van der Waals surface area (Å²) in [6.07, 6.45) is 2.41. The van der Waals surface area contributed by atoms with Crippen LogP contribution in [0.1, 0.15) is 34.5 Å². The van der Waals surface area contributed by atoms with Crippen LogP contribution in [0.25, 0.3) is 0 Å². The van der Waals surface area contributed by atoms with Gasteiger partial charge in [-0.15, -0.1) is 0 Å². The van der Waals surface area contributed by atoms with Crippen LogP contribution in [0.4, 0.5) is 5.69 Å². The van der Waals surface area contributed by atoms with Gasteiger partial charge in [0.15, 0.2) is 0 Å². The fourth-order valence-electron chi connectivity index (χ4n) is 2.61. The third-order valence-corrected chi connectivity index (χ3v) is 4.06. The molecule has 1 unspecified atom stereocenters. The quantitative estimate of drug-likeness (QED) is 0.868. The van der Waals surface area contributed by atoms with E-state index in [1.165, 1.54) is 0 Å². The molecule has 21 heavy (non-hydrogen) atoms. The van der Waals surface area contributed by atoms with E-state index in [1.807, 2.05) is 19.1 Å². The summed E-state index contributed by atoms with van der Waals surface area (Å²) in [5, 5.41) is 0.239. The first-order valence-electron chi connectivity index (χ1n) is 6.88. The maximum atomic E-state index is 12.6. The molecule has 2 aromatic rings. The van der Waals surface area contributed by atoms with Crippen molar-refractivity contribution in [1.82, 2.24) is 4.98 Å². The average molecular weight is 302 g/mol. The lowest BCUT2D eigenvalue weighted by molar-refractivity contribution is 0.0989. The van der Waals surface area contributed by atoms with Crippen LogP contribution >= 0.6 is 11.6 Å². The maximum absolute atomic E-state index is 12.6. The lowest BCUT2D eigenvalue weighted by Crippen LogP contribution is -2.29. The van der Waals surface area contributed by atoms with Crippen molar-refractivity contribution in [3.05, 3.63) is 58.4 Å². The highest BCUT2D eigenvalue weighted by Crippen LogP contribution is 2.32. The third-order valence-electron chi connectivity index (χ3n) is 3.76. The topological polar surface area (TPSA) is 59.2 Å². The van der Waals surface area contributed by atoms with Crippen molar-refractivity contribution in [1.29, 1.82) is 0 Å². The Balaban J connectivity index is 1.94. The van der Waals surface area contributed by atoms with Gasteiger partial charge >= 0.3 is 0 Å². The Hall–Kier alpha value is -1.91. The zero-order valence-electron chi connectivity index (χ0n) is 11.7. The van der Waals surface area contributed by atoms with Gasteiger partial charge in [0.2, 0.25) is 0 Å². The summed E-state index contributed by atoms with van der Waals surface area (Å²) >= 11 is 6.02. The molecule has 2 N–H and O–H groups in total. The number of pyridine rings is 1. The highest BCUT2D eigenvalue weighted by Gasteiger charge is 2.27. The highest BCUT2D eigenvalue weighted by molar-refractivity contribution is 6.33. The van der Waals surface area contributed by atoms with Crippen molar-refractivity contribution in [2.75, 3.05) is 11.4 Å². The van der Waals surface area contributed by atoms with Crippen molar-refractivity contribution in [3.8, 4) is 0 Å². The number of fused-ring (bicyclic) bond motifs is 1. The summed E-state index contributed by atoms with van der Waals surface area (Å²) in [5.41, 5.74) is 9.51. The van der Waals surface area contributed by atoms with E-state index in [9.17, 15) is 4.79 Å². The molecule has 1 aromatic carbocycles. The summed E-state index contributed by atoms with van der Waals surface area (Å²) in [7, 11) is 0. The number of hydrogen-bond acceptors (Lipinski definition) is 3. The third kappa shape index (κ3) is 2.52. The van der Waals surface area contributed by atoms with E-state index >= 15 is 0 Å². The fourth-order valence-corrected chi connectivity index (χ4v) is 2.81. The molecule has 4 nitrogen and oxygen atoms in total. The second-order valence-electron chi connectivity index (χ2n) is 5.23. The second kappa shape index (κ2) is 5.47. The number of benzene rings is 1. The highest BCUT2D eigenvalue weighted by atomic mass is 35.5. The van der Waals surface area contributed by atoms with Gasteiger partial charge < -0.3 is 10.6 Å². The largest absolute Gasteiger partial charge is 0.324 e. The standard InChI is InChI=1S/C16H16ClN3O/c1-10(18)11-4-5-14-12(9-11)6-8-20(14)16(21)13-3-2-7-19-15(13)17/h2-5,7,9-10H,6,8,18H2,1H3. The van der Waals surface area contributed by atoms with Crippen LogP contribution in [0.3, 0.4) is 0 Å². The van der Waals surface area contributed by atoms with Gasteiger partial charge in [0.1, 0.15) is 5.15 Å². The monoisotopic (exact) mass is 301 g/mol. The molecule has 1 aliphatic rings. The van der Waals surface area contributed by atoms with Crippen LogP contribution in [0.2, 0.25) is 5.15 Å². The van der Waals surface area contributed by atoms with Crippen molar-refractivity contribution >= 4 is 23.2 Å². The van der Waals surface area contributed by atoms with E-state index < -0.39 is 0 Å². The van der Waals surface area contributed by atoms with Gasteiger partial charge in [-0.05, 0) is 42.7 Å². The Morgan fingerprint density at radius 1 is 1.43 bits per heavy atom. The zero-order chi connectivity index (χ0) is 15.0. The predicted molar refractivity (Wildman–Crippen MR) is 83.7 cm³/mol. The normalized spacial score (nSPS) is 14.9. The molecule has 0 saturated heterocycles. The molecule has 0 radical (unpaired) electrons. The first-order chi connectivity index (χ1) is 10.1. The molecular formula is C16H16ClN3O. The summed E-state index contributed by atoms with van der Waals surface area (Å²) in [6.45, 7) is 2.61. The van der Waals surface area contributed by atoms with E-state index in [2.05, 4.69) is 11.1 Å². The molecule has 5 heteroatoms. The minimum absolute atomic E-state index is 0.00665. The molecule has 0 saturated carbocycles. The molecule has 0 spiro atoms. The zero-order valence-corrected chi connectivity index (χ0v) is 12.5. The summed E-state index contributed by atoms with van der Waals surface area (Å²) < 4.78 is 0. The van der Waals surface area contributed by atoms with Crippen LogP contribution in [0, 0.1) is 0 Å². The molecule has 1 aliphatic heterocycles. The number of halogens is 1. The molecule has 2 heterocycles. The van der Waals surface area contributed by atoms with Gasteiger partial charge in [0.25, 0.3) is 5.91 Å². The van der Waals surface area contributed by atoms with Gasteiger partial charge in [-0.2, -0.15) is 0 Å². The molecule has 1 amide bonds. The predicted octanol–water partition coefficient (Wildman–Crippen LogP) is 2.96. The van der Waals surface area contributed by atoms with Gasteiger partial charge in [-0.1, -0.05) is 23.7 Å². The first kappa shape index (κ1) is 14.0. The smallest absolute Gasteiger partial charge is 0.261 e.